The van der Waals surface area contributed by atoms with Crippen LogP contribution < -0.4 is 10.6 Å². The number of aromatic nitrogens is 2. The first-order chi connectivity index (χ1) is 9.19. The van der Waals surface area contributed by atoms with Gasteiger partial charge in [0.2, 0.25) is 5.89 Å². The lowest BCUT2D eigenvalue weighted by atomic mass is 9.94. The highest BCUT2D eigenvalue weighted by Crippen LogP contribution is 2.18. The Morgan fingerprint density at radius 1 is 1.32 bits per heavy atom. The van der Waals surface area contributed by atoms with Crippen LogP contribution >= 0.6 is 0 Å². The lowest BCUT2D eigenvalue weighted by molar-refractivity contribution is 0.121. The van der Waals surface area contributed by atoms with Gasteiger partial charge in [0.05, 0.1) is 13.2 Å². The first kappa shape index (κ1) is 14.3. The van der Waals surface area contributed by atoms with Crippen molar-refractivity contribution in [3.05, 3.63) is 5.89 Å². The van der Waals surface area contributed by atoms with E-state index in [1.165, 1.54) is 0 Å². The third-order valence-electron chi connectivity index (χ3n) is 3.35. The van der Waals surface area contributed by atoms with Crippen molar-refractivity contribution in [1.29, 1.82) is 0 Å². The summed E-state index contributed by atoms with van der Waals surface area (Å²) >= 11 is 0. The molecule has 2 heterocycles. The molecule has 2 rings (SSSR count). The van der Waals surface area contributed by atoms with E-state index in [1.807, 2.05) is 0 Å². The third kappa shape index (κ3) is 4.18. The highest BCUT2D eigenvalue weighted by Gasteiger charge is 2.19. The lowest BCUT2D eigenvalue weighted by Gasteiger charge is -2.24. The van der Waals surface area contributed by atoms with Crippen LogP contribution in [0.25, 0.3) is 0 Å². The van der Waals surface area contributed by atoms with Crippen molar-refractivity contribution in [1.82, 2.24) is 10.1 Å². The van der Waals surface area contributed by atoms with Gasteiger partial charge in [-0.3, -0.25) is 0 Å². The van der Waals surface area contributed by atoms with Crippen LogP contribution in [0.4, 0.5) is 5.95 Å². The molecule has 1 aromatic heterocycles. The van der Waals surface area contributed by atoms with E-state index in [9.17, 15) is 0 Å². The van der Waals surface area contributed by atoms with E-state index in [0.717, 1.165) is 39.1 Å². The van der Waals surface area contributed by atoms with Crippen LogP contribution in [-0.2, 0) is 11.2 Å². The van der Waals surface area contributed by atoms with Crippen LogP contribution in [0.5, 0.6) is 0 Å². The summed E-state index contributed by atoms with van der Waals surface area (Å²) in [5.41, 5.74) is 5.80. The molecule has 0 saturated carbocycles. The Labute approximate surface area is 114 Å². The standard InChI is InChI=1S/C13H24N4O2/c1-10(2)7-11(9-14)8-12-15-13(16-19-12)17-3-5-18-6-4-17/h10-11H,3-9,14H2,1-2H3. The molecule has 6 heteroatoms. The molecule has 6 nitrogen and oxygen atoms in total. The Kier molecular flexibility index (Phi) is 5.15. The van der Waals surface area contributed by atoms with Crippen molar-refractivity contribution in [2.75, 3.05) is 37.7 Å². The van der Waals surface area contributed by atoms with Crippen LogP contribution in [0.2, 0.25) is 0 Å². The van der Waals surface area contributed by atoms with Gasteiger partial charge in [-0.15, -0.1) is 0 Å². The fourth-order valence-electron chi connectivity index (χ4n) is 2.40. The second kappa shape index (κ2) is 6.86. The molecule has 1 aliphatic heterocycles. The summed E-state index contributed by atoms with van der Waals surface area (Å²) in [4.78, 5) is 6.56. The van der Waals surface area contributed by atoms with Gasteiger partial charge in [-0.25, -0.2) is 0 Å². The topological polar surface area (TPSA) is 77.4 Å². The van der Waals surface area contributed by atoms with E-state index in [2.05, 4.69) is 28.9 Å². The second-order valence-corrected chi connectivity index (χ2v) is 5.52. The summed E-state index contributed by atoms with van der Waals surface area (Å²) in [6, 6.07) is 0. The molecule has 0 aromatic carbocycles. The number of morpholine rings is 1. The molecule has 1 saturated heterocycles. The quantitative estimate of drug-likeness (QED) is 0.831. The fraction of sp³-hybridized carbons (Fsp3) is 0.846. The van der Waals surface area contributed by atoms with Gasteiger partial charge in [-0.05, 0) is 30.0 Å². The fourth-order valence-corrected chi connectivity index (χ4v) is 2.40. The summed E-state index contributed by atoms with van der Waals surface area (Å²) in [5.74, 6) is 2.42. The van der Waals surface area contributed by atoms with Crippen molar-refractivity contribution in [3.63, 3.8) is 0 Å². The van der Waals surface area contributed by atoms with E-state index in [1.54, 1.807) is 0 Å². The number of hydrogen-bond donors (Lipinski definition) is 1. The average Bonchev–Trinajstić information content (AvgIpc) is 2.87. The van der Waals surface area contributed by atoms with Crippen LogP contribution in [0.15, 0.2) is 4.52 Å². The van der Waals surface area contributed by atoms with Crippen molar-refractivity contribution < 1.29 is 9.26 Å². The second-order valence-electron chi connectivity index (χ2n) is 5.52. The Balaban J connectivity index is 1.92. The predicted octanol–water partition coefficient (Wildman–Crippen LogP) is 1.07. The Hall–Kier alpha value is -1.14. The molecule has 0 amide bonds. The average molecular weight is 268 g/mol. The Morgan fingerprint density at radius 3 is 2.68 bits per heavy atom. The third-order valence-corrected chi connectivity index (χ3v) is 3.35. The first-order valence-electron chi connectivity index (χ1n) is 7.04. The molecule has 0 aliphatic carbocycles. The molecule has 1 aromatic rings. The Bertz CT molecular complexity index is 374. The van der Waals surface area contributed by atoms with Gasteiger partial charge in [0.25, 0.3) is 5.95 Å². The number of anilines is 1. The SMILES string of the molecule is CC(C)CC(CN)Cc1nc(N2CCOCC2)no1. The number of nitrogens with two attached hydrogens (primary N) is 1. The van der Waals surface area contributed by atoms with E-state index < -0.39 is 0 Å². The van der Waals surface area contributed by atoms with Crippen LogP contribution in [0, 0.1) is 11.8 Å². The van der Waals surface area contributed by atoms with Gasteiger partial charge in [0, 0.05) is 19.5 Å². The number of hydrogen-bond acceptors (Lipinski definition) is 6. The van der Waals surface area contributed by atoms with Crippen molar-refractivity contribution in [2.45, 2.75) is 26.7 Å². The zero-order valence-corrected chi connectivity index (χ0v) is 11.8. The minimum absolute atomic E-state index is 0.415. The molecular formula is C13H24N4O2. The van der Waals surface area contributed by atoms with Gasteiger partial charge in [-0.2, -0.15) is 4.98 Å². The molecule has 0 bridgehead atoms. The van der Waals surface area contributed by atoms with Crippen LogP contribution in [0.1, 0.15) is 26.2 Å². The first-order valence-corrected chi connectivity index (χ1v) is 7.04. The molecule has 2 N–H and O–H groups in total. The van der Waals surface area contributed by atoms with Gasteiger partial charge >= 0.3 is 0 Å². The van der Waals surface area contributed by atoms with Crippen molar-refractivity contribution in [3.8, 4) is 0 Å². The molecule has 0 spiro atoms. The van der Waals surface area contributed by atoms with Gasteiger partial charge in [0.1, 0.15) is 0 Å². The molecule has 1 fully saturated rings. The minimum atomic E-state index is 0.415. The maximum atomic E-state index is 5.80. The summed E-state index contributed by atoms with van der Waals surface area (Å²) in [6.45, 7) is 8.17. The highest BCUT2D eigenvalue weighted by atomic mass is 16.5. The van der Waals surface area contributed by atoms with E-state index in [0.29, 0.717) is 30.2 Å². The number of rotatable bonds is 6. The van der Waals surface area contributed by atoms with E-state index >= 15 is 0 Å². The zero-order chi connectivity index (χ0) is 13.7. The molecule has 0 radical (unpaired) electrons. The molecule has 108 valence electrons. The molecule has 1 aliphatic rings. The molecular weight excluding hydrogens is 244 g/mol. The predicted molar refractivity (Wildman–Crippen MR) is 73.0 cm³/mol. The molecule has 19 heavy (non-hydrogen) atoms. The summed E-state index contributed by atoms with van der Waals surface area (Å²) in [6.07, 6.45) is 1.86. The maximum Gasteiger partial charge on any atom is 0.266 e. The van der Waals surface area contributed by atoms with Crippen LogP contribution in [-0.4, -0.2) is 43.0 Å². The van der Waals surface area contributed by atoms with Crippen molar-refractivity contribution >= 4 is 5.95 Å². The Morgan fingerprint density at radius 2 is 2.05 bits per heavy atom. The smallest absolute Gasteiger partial charge is 0.266 e. The summed E-state index contributed by atoms with van der Waals surface area (Å²) in [5, 5.41) is 4.05. The van der Waals surface area contributed by atoms with Crippen molar-refractivity contribution in [2.24, 2.45) is 17.6 Å². The minimum Gasteiger partial charge on any atom is -0.378 e. The monoisotopic (exact) mass is 268 g/mol. The van der Waals surface area contributed by atoms with E-state index in [-0.39, 0.29) is 0 Å². The van der Waals surface area contributed by atoms with E-state index in [4.69, 9.17) is 15.0 Å². The normalized spacial score (nSPS) is 18.0. The number of ether oxygens (including phenoxy) is 1. The molecule has 1 unspecified atom stereocenters. The summed E-state index contributed by atoms with van der Waals surface area (Å²) in [7, 11) is 0. The van der Waals surface area contributed by atoms with Gasteiger partial charge < -0.3 is 19.9 Å². The highest BCUT2D eigenvalue weighted by molar-refractivity contribution is 5.28. The molecule has 1 atom stereocenters. The zero-order valence-electron chi connectivity index (χ0n) is 11.8. The van der Waals surface area contributed by atoms with Gasteiger partial charge in [-0.1, -0.05) is 13.8 Å². The summed E-state index contributed by atoms with van der Waals surface area (Å²) < 4.78 is 10.6. The van der Waals surface area contributed by atoms with Crippen LogP contribution in [0.3, 0.4) is 0 Å². The lowest BCUT2D eigenvalue weighted by Crippen LogP contribution is -2.36. The number of nitrogens with zero attached hydrogens (tertiary/aromatic N) is 3. The van der Waals surface area contributed by atoms with Gasteiger partial charge in [0.15, 0.2) is 0 Å². The largest absolute Gasteiger partial charge is 0.378 e. The maximum absolute atomic E-state index is 5.80.